The summed E-state index contributed by atoms with van der Waals surface area (Å²) < 4.78 is 19.0. The molecule has 0 aromatic heterocycles. The van der Waals surface area contributed by atoms with E-state index in [1.165, 1.54) is 17.4 Å². The van der Waals surface area contributed by atoms with Crippen molar-refractivity contribution in [1.82, 2.24) is 4.90 Å². The maximum Gasteiger partial charge on any atom is 0.260 e. The maximum absolute atomic E-state index is 13.4. The molecule has 0 bridgehead atoms. The number of phenolic OH excluding ortho intramolecular Hbond substituents is 1. The van der Waals surface area contributed by atoms with Crippen molar-refractivity contribution in [2.75, 3.05) is 13.7 Å². The van der Waals surface area contributed by atoms with Crippen molar-refractivity contribution in [3.05, 3.63) is 24.0 Å². The Hall–Kier alpha value is -2.31. The van der Waals surface area contributed by atoms with Crippen LogP contribution < -0.4 is 10.5 Å². The molecule has 1 aliphatic carbocycles. The second kappa shape index (κ2) is 6.90. The Morgan fingerprint density at radius 1 is 1.40 bits per heavy atom. The minimum atomic E-state index is -1.11. The van der Waals surface area contributed by atoms with Gasteiger partial charge < -0.3 is 15.6 Å². The number of hydrogen-bond acceptors (Lipinski definition) is 5. The van der Waals surface area contributed by atoms with Crippen LogP contribution in [0.4, 0.5) is 4.39 Å². The molecular weight excluding hydrogens is 325 g/mol. The van der Waals surface area contributed by atoms with Crippen LogP contribution in [0.25, 0.3) is 0 Å². The van der Waals surface area contributed by atoms with E-state index in [0.717, 1.165) is 37.8 Å². The number of aromatic hydroxyl groups is 1. The predicted molar refractivity (Wildman–Crippen MR) is 91.9 cm³/mol. The van der Waals surface area contributed by atoms with Gasteiger partial charge in [0.15, 0.2) is 23.0 Å². The summed E-state index contributed by atoms with van der Waals surface area (Å²) in [5.74, 6) is -0.374. The number of carbonyl (C=O) groups excluding carboxylic acids is 1. The largest absolute Gasteiger partial charge is 0.504 e. The lowest BCUT2D eigenvalue weighted by atomic mass is 9.79. The third-order valence-corrected chi connectivity index (χ3v) is 5.11. The molecule has 3 rings (SSSR count). The molecule has 1 aliphatic heterocycles. The molecule has 1 amide bonds. The zero-order valence-corrected chi connectivity index (χ0v) is 14.4. The minimum Gasteiger partial charge on any atom is -0.504 e. The van der Waals surface area contributed by atoms with Gasteiger partial charge in [-0.1, -0.05) is 32.1 Å². The number of halogens is 1. The van der Waals surface area contributed by atoms with Crippen molar-refractivity contribution in [3.8, 4) is 11.5 Å². The molecule has 6 nitrogen and oxygen atoms in total. The van der Waals surface area contributed by atoms with Crippen molar-refractivity contribution in [3.63, 3.8) is 0 Å². The summed E-state index contributed by atoms with van der Waals surface area (Å²) in [5, 5.41) is 9.84. The monoisotopic (exact) mass is 349 g/mol. The Kier molecular flexibility index (Phi) is 4.83. The van der Waals surface area contributed by atoms with Crippen molar-refractivity contribution in [2.45, 2.75) is 44.1 Å². The average Bonchev–Trinajstić information content (AvgIpc) is 2.81. The third-order valence-electron chi connectivity index (χ3n) is 5.11. The highest BCUT2D eigenvalue weighted by molar-refractivity contribution is 6.06. The molecular formula is C18H24FN3O3. The highest BCUT2D eigenvalue weighted by Crippen LogP contribution is 2.37. The molecule has 1 atom stereocenters. The Labute approximate surface area is 146 Å². The lowest BCUT2D eigenvalue weighted by Crippen LogP contribution is -2.47. The molecule has 1 heterocycles. The number of nitrogens with two attached hydrogens (primary N) is 1. The van der Waals surface area contributed by atoms with Crippen LogP contribution in [0.5, 0.6) is 11.5 Å². The van der Waals surface area contributed by atoms with Gasteiger partial charge in [-0.05, 0) is 24.5 Å². The highest BCUT2D eigenvalue weighted by Gasteiger charge is 2.48. The first-order chi connectivity index (χ1) is 11.9. The summed E-state index contributed by atoms with van der Waals surface area (Å²) >= 11 is 0. The fourth-order valence-electron chi connectivity index (χ4n) is 3.71. The van der Waals surface area contributed by atoms with Crippen molar-refractivity contribution >= 4 is 11.9 Å². The van der Waals surface area contributed by atoms with Crippen LogP contribution in [0.15, 0.2) is 23.2 Å². The molecule has 7 heteroatoms. The molecule has 2 aliphatic rings. The van der Waals surface area contributed by atoms with E-state index in [4.69, 9.17) is 10.5 Å². The van der Waals surface area contributed by atoms with E-state index in [1.54, 1.807) is 7.05 Å². The first-order valence-electron chi connectivity index (χ1n) is 8.66. The van der Waals surface area contributed by atoms with Crippen molar-refractivity contribution in [1.29, 1.82) is 0 Å². The molecule has 1 aromatic carbocycles. The molecule has 136 valence electrons. The topological polar surface area (TPSA) is 88.2 Å². The van der Waals surface area contributed by atoms with Gasteiger partial charge in [0.05, 0.1) is 0 Å². The van der Waals surface area contributed by atoms with Crippen LogP contribution in [0.1, 0.15) is 38.5 Å². The van der Waals surface area contributed by atoms with Gasteiger partial charge >= 0.3 is 0 Å². The van der Waals surface area contributed by atoms with Crippen LogP contribution in [-0.4, -0.2) is 41.1 Å². The molecule has 1 unspecified atom stereocenters. The van der Waals surface area contributed by atoms with Crippen LogP contribution >= 0.6 is 0 Å². The molecule has 1 fully saturated rings. The lowest BCUT2D eigenvalue weighted by Gasteiger charge is -2.31. The average molecular weight is 349 g/mol. The summed E-state index contributed by atoms with van der Waals surface area (Å²) in [7, 11) is 1.59. The van der Waals surface area contributed by atoms with E-state index in [2.05, 4.69) is 4.99 Å². The van der Waals surface area contributed by atoms with Gasteiger partial charge in [0.2, 0.25) is 0 Å². The summed E-state index contributed by atoms with van der Waals surface area (Å²) in [5.41, 5.74) is 4.75. The molecule has 3 N–H and O–H groups in total. The number of carbonyl (C=O) groups is 1. The molecule has 0 spiro atoms. The standard InChI is InChI=1S/C18H24FN3O3/c1-22-16(24)18(21-17(22)20,10-12-5-3-2-4-6-12)11-25-15-9-13(19)7-8-14(15)23/h7-9,12,23H,2-6,10-11H2,1H3,(H2,20,21). The number of ether oxygens (including phenoxy) is 1. The molecule has 0 saturated heterocycles. The van der Waals surface area contributed by atoms with Gasteiger partial charge in [-0.25, -0.2) is 9.38 Å². The van der Waals surface area contributed by atoms with Gasteiger partial charge in [0, 0.05) is 13.1 Å². The smallest absolute Gasteiger partial charge is 0.260 e. The fraction of sp³-hybridized carbons (Fsp3) is 0.556. The highest BCUT2D eigenvalue weighted by atomic mass is 19.1. The zero-order valence-electron chi connectivity index (χ0n) is 14.4. The molecule has 0 radical (unpaired) electrons. The maximum atomic E-state index is 13.4. The Morgan fingerprint density at radius 2 is 2.12 bits per heavy atom. The molecule has 1 saturated carbocycles. The number of amides is 1. The van der Waals surface area contributed by atoms with Gasteiger partial charge in [0.25, 0.3) is 5.91 Å². The van der Waals surface area contributed by atoms with E-state index in [9.17, 15) is 14.3 Å². The Morgan fingerprint density at radius 3 is 2.76 bits per heavy atom. The van der Waals surface area contributed by atoms with Crippen LogP contribution in [0.3, 0.4) is 0 Å². The van der Waals surface area contributed by atoms with Gasteiger partial charge in [0.1, 0.15) is 12.4 Å². The quantitative estimate of drug-likeness (QED) is 0.854. The summed E-state index contributed by atoms with van der Waals surface area (Å²) in [6, 6.07) is 3.46. The van der Waals surface area contributed by atoms with Crippen LogP contribution in [0, 0.1) is 11.7 Å². The number of aliphatic imine (C=N–C) groups is 1. The number of nitrogens with zero attached hydrogens (tertiary/aromatic N) is 2. The number of hydrogen-bond donors (Lipinski definition) is 2. The Balaban J connectivity index is 1.81. The first kappa shape index (κ1) is 17.5. The van der Waals surface area contributed by atoms with E-state index < -0.39 is 11.4 Å². The lowest BCUT2D eigenvalue weighted by molar-refractivity contribution is -0.132. The van der Waals surface area contributed by atoms with Gasteiger partial charge in [-0.2, -0.15) is 0 Å². The predicted octanol–water partition coefficient (Wildman–Crippen LogP) is 2.41. The fourth-order valence-corrected chi connectivity index (χ4v) is 3.71. The number of phenols is 1. The Bertz CT molecular complexity index is 688. The molecule has 25 heavy (non-hydrogen) atoms. The number of benzene rings is 1. The van der Waals surface area contributed by atoms with Gasteiger partial charge in [-0.15, -0.1) is 0 Å². The normalized spacial score (nSPS) is 24.5. The third kappa shape index (κ3) is 3.55. The van der Waals surface area contributed by atoms with Crippen molar-refractivity contribution < 1.29 is 19.0 Å². The summed E-state index contributed by atoms with van der Waals surface area (Å²) in [4.78, 5) is 18.5. The number of likely N-dealkylation sites (N-methyl/N-ethyl adjacent to an activating group) is 1. The first-order valence-corrected chi connectivity index (χ1v) is 8.66. The van der Waals surface area contributed by atoms with Crippen LogP contribution in [-0.2, 0) is 4.79 Å². The SMILES string of the molecule is CN1C(=O)C(COc2cc(F)ccc2O)(CC2CCCCC2)N=C1N. The van der Waals surface area contributed by atoms with E-state index >= 15 is 0 Å². The number of rotatable bonds is 5. The van der Waals surface area contributed by atoms with E-state index in [-0.39, 0.29) is 30.0 Å². The zero-order chi connectivity index (χ0) is 18.0. The summed E-state index contributed by atoms with van der Waals surface area (Å²) in [6.07, 6.45) is 6.17. The second-order valence-corrected chi connectivity index (χ2v) is 6.97. The minimum absolute atomic E-state index is 0.000793. The molecule has 1 aromatic rings. The second-order valence-electron chi connectivity index (χ2n) is 6.97. The van der Waals surface area contributed by atoms with Crippen molar-refractivity contribution in [2.24, 2.45) is 16.6 Å². The van der Waals surface area contributed by atoms with Crippen LogP contribution in [0.2, 0.25) is 0 Å². The van der Waals surface area contributed by atoms with Gasteiger partial charge in [-0.3, -0.25) is 9.69 Å². The summed E-state index contributed by atoms with van der Waals surface area (Å²) in [6.45, 7) is -0.0790. The number of guanidine groups is 1. The van der Waals surface area contributed by atoms with E-state index in [1.807, 2.05) is 0 Å². The van der Waals surface area contributed by atoms with E-state index in [0.29, 0.717) is 12.3 Å².